The standard InChI is InChI=1S/C48H79NO18/c1-14-34-32(23-60-47-44(59-13)43(58-12)39(54)27(5)62-47)19-24(2)15-16-33(52)25(3)20-31(17-18-50)41(26(4)35(64-30(8)51)21-36(53)65-34)67-46-40(55)38(49(10)11)42(28(6)63-46)66-37-22-48(9,57)45(56)29(7)61-37/h15-16,18-19,25-29,31-32,34-35,37-47,54-57H,14,17,20-23H2,1-13H3. The summed E-state index contributed by atoms with van der Waals surface area (Å²) < 4.78 is 60.9. The van der Waals surface area contributed by atoms with Gasteiger partial charge in [-0.2, -0.15) is 0 Å². The van der Waals surface area contributed by atoms with E-state index in [9.17, 15) is 39.6 Å². The minimum absolute atomic E-state index is 0.0309. The summed E-state index contributed by atoms with van der Waals surface area (Å²) in [7, 11) is 6.41. The third-order valence-corrected chi connectivity index (χ3v) is 13.7. The highest BCUT2D eigenvalue weighted by molar-refractivity contribution is 5.91. The van der Waals surface area contributed by atoms with Crippen molar-refractivity contribution in [1.29, 1.82) is 0 Å². The summed E-state index contributed by atoms with van der Waals surface area (Å²) in [4.78, 5) is 54.9. The average Bonchev–Trinajstić information content (AvgIpc) is 3.25. The smallest absolute Gasteiger partial charge is 0.309 e. The van der Waals surface area contributed by atoms with Crippen molar-refractivity contribution in [2.75, 3.05) is 34.9 Å². The van der Waals surface area contributed by atoms with E-state index in [4.69, 9.17) is 47.4 Å². The van der Waals surface area contributed by atoms with Crippen molar-refractivity contribution in [2.24, 2.45) is 23.7 Å². The monoisotopic (exact) mass is 958 g/mol. The Morgan fingerprint density at radius 1 is 0.896 bits per heavy atom. The van der Waals surface area contributed by atoms with Crippen LogP contribution in [0, 0.1) is 23.7 Å². The predicted molar refractivity (Wildman–Crippen MR) is 240 cm³/mol. The molecular weight excluding hydrogens is 879 g/mol. The fourth-order valence-electron chi connectivity index (χ4n) is 9.86. The summed E-state index contributed by atoms with van der Waals surface area (Å²) in [5.41, 5.74) is -0.838. The Labute approximate surface area is 395 Å². The Kier molecular flexibility index (Phi) is 21.5. The lowest BCUT2D eigenvalue weighted by Gasteiger charge is -2.50. The molecule has 21 atom stereocenters. The highest BCUT2D eigenvalue weighted by Gasteiger charge is 2.52. The van der Waals surface area contributed by atoms with Gasteiger partial charge in [0.1, 0.15) is 55.1 Å². The van der Waals surface area contributed by atoms with Gasteiger partial charge in [0.25, 0.3) is 0 Å². The zero-order valence-corrected chi connectivity index (χ0v) is 41.6. The molecule has 0 aromatic carbocycles. The van der Waals surface area contributed by atoms with Gasteiger partial charge < -0.3 is 77.5 Å². The van der Waals surface area contributed by atoms with Crippen LogP contribution in [0.15, 0.2) is 23.8 Å². The fourth-order valence-corrected chi connectivity index (χ4v) is 9.86. The number of carbonyl (C=O) groups is 4. The summed E-state index contributed by atoms with van der Waals surface area (Å²) in [6.45, 7) is 14.8. The van der Waals surface area contributed by atoms with Gasteiger partial charge in [-0.05, 0) is 73.5 Å². The molecule has 3 saturated heterocycles. The topological polar surface area (TPSA) is 245 Å². The second kappa shape index (κ2) is 25.4. The molecule has 0 saturated carbocycles. The van der Waals surface area contributed by atoms with Gasteiger partial charge >= 0.3 is 11.9 Å². The van der Waals surface area contributed by atoms with Gasteiger partial charge in [-0.1, -0.05) is 38.5 Å². The number of esters is 2. The minimum atomic E-state index is -1.51. The van der Waals surface area contributed by atoms with E-state index >= 15 is 0 Å². The van der Waals surface area contributed by atoms with Gasteiger partial charge in [0.15, 0.2) is 24.7 Å². The quantitative estimate of drug-likeness (QED) is 0.144. The number of aliphatic hydroxyl groups excluding tert-OH is 3. The van der Waals surface area contributed by atoms with E-state index in [2.05, 4.69) is 0 Å². The van der Waals surface area contributed by atoms with E-state index in [-0.39, 0.29) is 31.7 Å². The van der Waals surface area contributed by atoms with Gasteiger partial charge in [0, 0.05) is 51.7 Å². The van der Waals surface area contributed by atoms with Gasteiger partial charge in [0.05, 0.1) is 49.1 Å². The molecule has 384 valence electrons. The van der Waals surface area contributed by atoms with E-state index in [0.717, 1.165) is 0 Å². The van der Waals surface area contributed by atoms with E-state index < -0.39 is 146 Å². The molecule has 3 fully saturated rings. The number of aliphatic hydroxyl groups is 4. The first kappa shape index (κ1) is 56.8. The summed E-state index contributed by atoms with van der Waals surface area (Å²) >= 11 is 0. The first-order valence-electron chi connectivity index (χ1n) is 23.6. The Morgan fingerprint density at radius 2 is 1.55 bits per heavy atom. The lowest BCUT2D eigenvalue weighted by atomic mass is 9.79. The highest BCUT2D eigenvalue weighted by atomic mass is 16.7. The van der Waals surface area contributed by atoms with E-state index in [1.165, 1.54) is 34.1 Å². The number of ether oxygens (including phenoxy) is 10. The van der Waals surface area contributed by atoms with Gasteiger partial charge in [-0.15, -0.1) is 0 Å². The van der Waals surface area contributed by atoms with Crippen LogP contribution < -0.4 is 0 Å². The molecule has 4 heterocycles. The molecule has 0 aromatic heterocycles. The van der Waals surface area contributed by atoms with Crippen LogP contribution in [0.2, 0.25) is 0 Å². The van der Waals surface area contributed by atoms with Crippen molar-refractivity contribution in [3.8, 4) is 0 Å². The molecule has 19 nitrogen and oxygen atoms in total. The van der Waals surface area contributed by atoms with Crippen LogP contribution in [0.5, 0.6) is 0 Å². The number of carbonyl (C=O) groups excluding carboxylic acids is 4. The number of rotatable bonds is 14. The lowest BCUT2D eigenvalue weighted by Crippen LogP contribution is -2.65. The van der Waals surface area contributed by atoms with Crippen LogP contribution in [0.25, 0.3) is 0 Å². The lowest BCUT2D eigenvalue weighted by molar-refractivity contribution is -0.342. The number of hydrogen-bond acceptors (Lipinski definition) is 19. The van der Waals surface area contributed by atoms with Crippen LogP contribution in [0.1, 0.15) is 94.4 Å². The van der Waals surface area contributed by atoms with Crippen LogP contribution in [-0.2, 0) is 66.5 Å². The van der Waals surface area contributed by atoms with Crippen molar-refractivity contribution in [2.45, 2.75) is 198 Å². The van der Waals surface area contributed by atoms with Crippen LogP contribution in [0.4, 0.5) is 0 Å². The van der Waals surface area contributed by atoms with Gasteiger partial charge in [-0.3, -0.25) is 14.4 Å². The highest BCUT2D eigenvalue weighted by Crippen LogP contribution is 2.38. The molecule has 4 rings (SSSR count). The Balaban J connectivity index is 1.69. The average molecular weight is 958 g/mol. The first-order chi connectivity index (χ1) is 31.5. The zero-order chi connectivity index (χ0) is 50.1. The molecule has 67 heavy (non-hydrogen) atoms. The molecule has 19 heteroatoms. The predicted octanol–water partition coefficient (Wildman–Crippen LogP) is 2.40. The number of methoxy groups -OCH3 is 2. The second-order valence-corrected chi connectivity index (χ2v) is 19.3. The number of cyclic esters (lactones) is 1. The molecule has 4 N–H and O–H groups in total. The number of hydrogen-bond donors (Lipinski definition) is 4. The summed E-state index contributed by atoms with van der Waals surface area (Å²) in [5, 5.41) is 44.2. The number of nitrogens with zero attached hydrogens (tertiary/aromatic N) is 1. The maximum absolute atomic E-state index is 14.1. The van der Waals surface area contributed by atoms with E-state index in [1.807, 2.05) is 13.0 Å². The minimum Gasteiger partial charge on any atom is -0.462 e. The molecule has 0 bridgehead atoms. The Hall–Kier alpha value is -2.76. The Bertz CT molecular complexity index is 1670. The van der Waals surface area contributed by atoms with Crippen molar-refractivity contribution in [1.82, 2.24) is 4.90 Å². The summed E-state index contributed by atoms with van der Waals surface area (Å²) in [5.74, 6) is -4.40. The maximum atomic E-state index is 14.1. The normalized spacial score (nSPS) is 43.0. The van der Waals surface area contributed by atoms with E-state index in [0.29, 0.717) is 18.3 Å². The molecule has 4 aliphatic heterocycles. The fraction of sp³-hybridized carbons (Fsp3) is 0.833. The van der Waals surface area contributed by atoms with Crippen molar-refractivity contribution in [3.05, 3.63) is 23.8 Å². The number of likely N-dealkylation sites (N-methyl/N-ethyl adjacent to an activating group) is 1. The third kappa shape index (κ3) is 14.6. The van der Waals surface area contributed by atoms with Crippen molar-refractivity contribution in [3.63, 3.8) is 0 Å². The van der Waals surface area contributed by atoms with Gasteiger partial charge in [0.2, 0.25) is 0 Å². The maximum Gasteiger partial charge on any atom is 0.309 e. The second-order valence-electron chi connectivity index (χ2n) is 19.3. The van der Waals surface area contributed by atoms with Crippen molar-refractivity contribution < 1.29 is 87.0 Å². The van der Waals surface area contributed by atoms with Crippen LogP contribution in [0.3, 0.4) is 0 Å². The number of allylic oxidation sites excluding steroid dienone is 3. The summed E-state index contributed by atoms with van der Waals surface area (Å²) in [6, 6.07) is -0.777. The first-order valence-corrected chi connectivity index (χ1v) is 23.6. The summed E-state index contributed by atoms with van der Waals surface area (Å²) in [6.07, 6.45) is -8.72. The molecule has 0 aliphatic carbocycles. The molecule has 0 spiro atoms. The molecular formula is C48H79NO18. The molecule has 0 aromatic rings. The molecule has 4 aliphatic rings. The van der Waals surface area contributed by atoms with Gasteiger partial charge in [-0.25, -0.2) is 0 Å². The SMILES string of the molecule is CCC1OC(=O)CC(OC(C)=O)C(C)C(OC2OC(C)C(OC3CC(C)(O)C(O)C(C)O3)C(N(C)C)C2O)C(CC=O)CC(C)C(=O)C=CC(C)=CC1COC1OC(C)C(O)C(OC)C1OC. The van der Waals surface area contributed by atoms with E-state index in [1.54, 1.807) is 66.6 Å². The molecule has 21 unspecified atom stereocenters. The number of ketones is 1. The molecule has 0 radical (unpaired) electrons. The van der Waals surface area contributed by atoms with Crippen LogP contribution in [-0.4, -0.2) is 188 Å². The largest absolute Gasteiger partial charge is 0.462 e. The Morgan fingerprint density at radius 3 is 2.13 bits per heavy atom. The number of aldehydes is 1. The van der Waals surface area contributed by atoms with Crippen molar-refractivity contribution >= 4 is 24.0 Å². The third-order valence-electron chi connectivity index (χ3n) is 13.7. The van der Waals surface area contributed by atoms with Crippen LogP contribution >= 0.6 is 0 Å². The molecule has 0 amide bonds. The zero-order valence-electron chi connectivity index (χ0n) is 41.6.